The smallest absolute Gasteiger partial charge is 0.115 e. The molecular formula is C17H17BrN2O. The highest BCUT2D eigenvalue weighted by molar-refractivity contribution is 9.10. The van der Waals surface area contributed by atoms with Crippen molar-refractivity contribution in [3.05, 3.63) is 58.1 Å². The van der Waals surface area contributed by atoms with E-state index in [1.165, 1.54) is 5.56 Å². The number of benzene rings is 2. The maximum atomic E-state index is 9.27. The number of aromatic hydroxyl groups is 1. The van der Waals surface area contributed by atoms with E-state index in [9.17, 15) is 5.11 Å². The highest BCUT2D eigenvalue weighted by Crippen LogP contribution is 2.22. The third-order valence-corrected chi connectivity index (χ3v) is 3.80. The van der Waals surface area contributed by atoms with E-state index in [0.29, 0.717) is 5.56 Å². The molecule has 3 nitrogen and oxygen atoms in total. The first-order valence-corrected chi connectivity index (χ1v) is 7.62. The molecule has 4 heteroatoms. The molecule has 0 saturated heterocycles. The first-order chi connectivity index (χ1) is 10.1. The van der Waals surface area contributed by atoms with Crippen LogP contribution in [0.3, 0.4) is 0 Å². The first kappa shape index (κ1) is 15.4. The number of nitriles is 1. The lowest BCUT2D eigenvalue weighted by Gasteiger charge is -2.16. The average Bonchev–Trinajstić information content (AvgIpc) is 2.47. The molecule has 2 aromatic carbocycles. The molecule has 0 bridgehead atoms. The molecule has 0 aliphatic carbocycles. The summed E-state index contributed by atoms with van der Waals surface area (Å²) >= 11 is 3.42. The summed E-state index contributed by atoms with van der Waals surface area (Å²) in [7, 11) is 0. The van der Waals surface area contributed by atoms with Crippen LogP contribution in [0.1, 0.15) is 24.5 Å². The predicted molar refractivity (Wildman–Crippen MR) is 88.4 cm³/mol. The molecule has 1 unspecified atom stereocenters. The zero-order chi connectivity index (χ0) is 15.2. The van der Waals surface area contributed by atoms with E-state index < -0.39 is 0 Å². The zero-order valence-corrected chi connectivity index (χ0v) is 13.4. The van der Waals surface area contributed by atoms with Crippen molar-refractivity contribution in [1.29, 1.82) is 5.26 Å². The Hall–Kier alpha value is -1.99. The molecule has 0 fully saturated rings. The number of hydrogen-bond acceptors (Lipinski definition) is 3. The van der Waals surface area contributed by atoms with Crippen molar-refractivity contribution in [2.75, 3.05) is 5.32 Å². The van der Waals surface area contributed by atoms with Crippen LogP contribution in [0.4, 0.5) is 5.69 Å². The van der Waals surface area contributed by atoms with E-state index in [1.807, 2.05) is 24.3 Å². The molecule has 1 atom stereocenters. The Labute approximate surface area is 133 Å². The SMILES string of the molecule is CC(CCc1ccc(O)cc1)Nc1cc(Br)ccc1C#N. The van der Waals surface area contributed by atoms with Gasteiger partial charge in [-0.3, -0.25) is 0 Å². The van der Waals surface area contributed by atoms with E-state index >= 15 is 0 Å². The summed E-state index contributed by atoms with van der Waals surface area (Å²) < 4.78 is 0.953. The minimum Gasteiger partial charge on any atom is -0.508 e. The minimum atomic E-state index is 0.250. The van der Waals surface area contributed by atoms with Gasteiger partial charge in [0.15, 0.2) is 0 Å². The summed E-state index contributed by atoms with van der Waals surface area (Å²) in [6.07, 6.45) is 1.87. The normalized spacial score (nSPS) is 11.7. The van der Waals surface area contributed by atoms with Gasteiger partial charge in [-0.05, 0) is 55.7 Å². The second-order valence-electron chi connectivity index (χ2n) is 5.05. The second kappa shape index (κ2) is 7.14. The lowest BCUT2D eigenvalue weighted by Crippen LogP contribution is -2.16. The van der Waals surface area contributed by atoms with Crippen molar-refractivity contribution in [2.45, 2.75) is 25.8 Å². The number of nitrogens with zero attached hydrogens (tertiary/aromatic N) is 1. The van der Waals surface area contributed by atoms with Crippen molar-refractivity contribution in [1.82, 2.24) is 0 Å². The standard InChI is InChI=1S/C17H17BrN2O/c1-12(2-3-13-4-8-16(21)9-5-13)20-17-10-15(18)7-6-14(17)11-19/h4-10,12,20-21H,2-3H2,1H3. The van der Waals surface area contributed by atoms with E-state index in [-0.39, 0.29) is 11.8 Å². The van der Waals surface area contributed by atoms with Gasteiger partial charge >= 0.3 is 0 Å². The largest absolute Gasteiger partial charge is 0.508 e. The van der Waals surface area contributed by atoms with Crippen molar-refractivity contribution < 1.29 is 5.11 Å². The molecule has 2 N–H and O–H groups in total. The van der Waals surface area contributed by atoms with Gasteiger partial charge in [-0.1, -0.05) is 28.1 Å². The number of phenolic OH excluding ortho intramolecular Hbond substituents is 1. The molecule has 21 heavy (non-hydrogen) atoms. The Morgan fingerprint density at radius 2 is 1.95 bits per heavy atom. The maximum Gasteiger partial charge on any atom is 0.115 e. The molecule has 0 heterocycles. The summed E-state index contributed by atoms with van der Waals surface area (Å²) in [5.74, 6) is 0.290. The molecular weight excluding hydrogens is 328 g/mol. The topological polar surface area (TPSA) is 56.0 Å². The van der Waals surface area contributed by atoms with Crippen LogP contribution in [0.15, 0.2) is 46.9 Å². The van der Waals surface area contributed by atoms with Gasteiger partial charge in [0.1, 0.15) is 11.8 Å². The second-order valence-corrected chi connectivity index (χ2v) is 5.97. The number of nitrogens with one attached hydrogen (secondary N) is 1. The molecule has 108 valence electrons. The van der Waals surface area contributed by atoms with Gasteiger partial charge in [0.05, 0.1) is 11.3 Å². The van der Waals surface area contributed by atoms with Crippen LogP contribution in [0, 0.1) is 11.3 Å². The van der Waals surface area contributed by atoms with E-state index in [1.54, 1.807) is 18.2 Å². The van der Waals surface area contributed by atoms with E-state index in [2.05, 4.69) is 34.2 Å². The van der Waals surface area contributed by atoms with Crippen LogP contribution in [0.25, 0.3) is 0 Å². The summed E-state index contributed by atoms with van der Waals surface area (Å²) in [5, 5.41) is 21.8. The van der Waals surface area contributed by atoms with Gasteiger partial charge in [0.2, 0.25) is 0 Å². The fraction of sp³-hybridized carbons (Fsp3) is 0.235. The number of rotatable bonds is 5. The van der Waals surface area contributed by atoms with Gasteiger partial charge in [0, 0.05) is 10.5 Å². The Morgan fingerprint density at radius 3 is 2.62 bits per heavy atom. The third kappa shape index (κ3) is 4.51. The highest BCUT2D eigenvalue weighted by Gasteiger charge is 2.07. The molecule has 0 spiro atoms. The van der Waals surface area contributed by atoms with Crippen molar-refractivity contribution in [3.63, 3.8) is 0 Å². The summed E-state index contributed by atoms with van der Waals surface area (Å²) in [5.41, 5.74) is 2.69. The van der Waals surface area contributed by atoms with Crippen LogP contribution in [0.5, 0.6) is 5.75 Å². The van der Waals surface area contributed by atoms with Crippen LogP contribution in [0.2, 0.25) is 0 Å². The number of phenols is 1. The summed E-state index contributed by atoms with van der Waals surface area (Å²) in [4.78, 5) is 0. The van der Waals surface area contributed by atoms with Crippen LogP contribution < -0.4 is 5.32 Å². The minimum absolute atomic E-state index is 0.250. The zero-order valence-electron chi connectivity index (χ0n) is 11.8. The Bertz CT molecular complexity index is 647. The van der Waals surface area contributed by atoms with Crippen molar-refractivity contribution in [3.8, 4) is 11.8 Å². The van der Waals surface area contributed by atoms with E-state index in [0.717, 1.165) is 23.0 Å². The molecule has 0 aliphatic heterocycles. The van der Waals surface area contributed by atoms with Crippen LogP contribution in [-0.4, -0.2) is 11.1 Å². The summed E-state index contributed by atoms with van der Waals surface area (Å²) in [6.45, 7) is 2.10. The Balaban J connectivity index is 1.96. The number of anilines is 1. The van der Waals surface area contributed by atoms with Gasteiger partial charge < -0.3 is 10.4 Å². The fourth-order valence-corrected chi connectivity index (χ4v) is 2.48. The van der Waals surface area contributed by atoms with Crippen molar-refractivity contribution >= 4 is 21.6 Å². The summed E-state index contributed by atoms with van der Waals surface area (Å²) in [6, 6.07) is 15.3. The van der Waals surface area contributed by atoms with Gasteiger partial charge in [0.25, 0.3) is 0 Å². The molecule has 0 saturated carbocycles. The predicted octanol–water partition coefficient (Wildman–Crippen LogP) is 4.46. The number of hydrogen-bond donors (Lipinski definition) is 2. The average molecular weight is 345 g/mol. The molecule has 0 radical (unpaired) electrons. The first-order valence-electron chi connectivity index (χ1n) is 6.82. The molecule has 2 rings (SSSR count). The highest BCUT2D eigenvalue weighted by atomic mass is 79.9. The quantitative estimate of drug-likeness (QED) is 0.841. The molecule has 0 aromatic heterocycles. The van der Waals surface area contributed by atoms with Gasteiger partial charge in [-0.15, -0.1) is 0 Å². The Morgan fingerprint density at radius 1 is 1.24 bits per heavy atom. The lowest BCUT2D eigenvalue weighted by atomic mass is 10.1. The fourth-order valence-electron chi connectivity index (χ4n) is 2.12. The molecule has 2 aromatic rings. The van der Waals surface area contributed by atoms with E-state index in [4.69, 9.17) is 5.26 Å². The van der Waals surface area contributed by atoms with Gasteiger partial charge in [-0.2, -0.15) is 5.26 Å². The molecule has 0 amide bonds. The monoisotopic (exact) mass is 344 g/mol. The van der Waals surface area contributed by atoms with Crippen molar-refractivity contribution in [2.24, 2.45) is 0 Å². The Kier molecular flexibility index (Phi) is 5.24. The maximum absolute atomic E-state index is 9.27. The van der Waals surface area contributed by atoms with Crippen LogP contribution in [-0.2, 0) is 6.42 Å². The van der Waals surface area contributed by atoms with Crippen LogP contribution >= 0.6 is 15.9 Å². The lowest BCUT2D eigenvalue weighted by molar-refractivity contribution is 0.475. The van der Waals surface area contributed by atoms with Gasteiger partial charge in [-0.25, -0.2) is 0 Å². The molecule has 0 aliphatic rings. The third-order valence-electron chi connectivity index (χ3n) is 3.31. The number of halogens is 1. The number of aryl methyl sites for hydroxylation is 1.